The van der Waals surface area contributed by atoms with Gasteiger partial charge >= 0.3 is 0 Å². The van der Waals surface area contributed by atoms with Crippen LogP contribution in [0.4, 0.5) is 5.82 Å². The average molecular weight is 233 g/mol. The van der Waals surface area contributed by atoms with Crippen molar-refractivity contribution in [2.24, 2.45) is 0 Å². The molecule has 0 radical (unpaired) electrons. The summed E-state index contributed by atoms with van der Waals surface area (Å²) in [6.07, 6.45) is 6.12. The molecule has 92 valence electrons. The van der Waals surface area contributed by atoms with E-state index in [1.165, 1.54) is 24.1 Å². The second kappa shape index (κ2) is 4.61. The molecule has 2 heterocycles. The van der Waals surface area contributed by atoms with Gasteiger partial charge in [0.1, 0.15) is 0 Å². The Labute approximate surface area is 102 Å². The van der Waals surface area contributed by atoms with E-state index in [1.54, 1.807) is 7.11 Å². The van der Waals surface area contributed by atoms with Gasteiger partial charge in [0.2, 0.25) is 0 Å². The number of ether oxygens (including phenoxy) is 1. The van der Waals surface area contributed by atoms with Crippen LogP contribution in [-0.4, -0.2) is 36.5 Å². The van der Waals surface area contributed by atoms with Crippen LogP contribution in [0.2, 0.25) is 0 Å². The number of anilines is 1. The maximum atomic E-state index is 5.39. The first-order valence-corrected chi connectivity index (χ1v) is 6.50. The first-order valence-electron chi connectivity index (χ1n) is 6.50. The lowest BCUT2D eigenvalue weighted by molar-refractivity contribution is 0.0817. The maximum absolute atomic E-state index is 5.39. The molecule has 1 aliphatic heterocycles. The SMILES string of the molecule is COC1CCN(c2cc3c(nn2)CCC3)CC1. The fourth-order valence-corrected chi connectivity index (χ4v) is 2.79. The van der Waals surface area contributed by atoms with Crippen molar-refractivity contribution in [1.29, 1.82) is 0 Å². The van der Waals surface area contributed by atoms with Crippen molar-refractivity contribution in [3.8, 4) is 0 Å². The molecular formula is C13H19N3O. The average Bonchev–Trinajstić information content (AvgIpc) is 2.86. The van der Waals surface area contributed by atoms with Crippen LogP contribution < -0.4 is 4.90 Å². The second-order valence-corrected chi connectivity index (χ2v) is 4.95. The van der Waals surface area contributed by atoms with E-state index in [9.17, 15) is 0 Å². The van der Waals surface area contributed by atoms with Crippen LogP contribution in [0.5, 0.6) is 0 Å². The number of rotatable bonds is 2. The normalized spacial score (nSPS) is 20.6. The van der Waals surface area contributed by atoms with E-state index in [0.717, 1.165) is 38.2 Å². The number of nitrogens with zero attached hydrogens (tertiary/aromatic N) is 3. The molecule has 0 atom stereocenters. The molecule has 0 saturated carbocycles. The van der Waals surface area contributed by atoms with E-state index in [4.69, 9.17) is 4.74 Å². The summed E-state index contributed by atoms with van der Waals surface area (Å²) in [5, 5.41) is 8.71. The van der Waals surface area contributed by atoms with E-state index >= 15 is 0 Å². The summed E-state index contributed by atoms with van der Waals surface area (Å²) in [7, 11) is 1.80. The Bertz CT molecular complexity index is 400. The van der Waals surface area contributed by atoms with Crippen molar-refractivity contribution < 1.29 is 4.74 Å². The number of fused-ring (bicyclic) bond motifs is 1. The van der Waals surface area contributed by atoms with E-state index in [0.29, 0.717) is 6.10 Å². The number of hydrogen-bond donors (Lipinski definition) is 0. The van der Waals surface area contributed by atoms with Gasteiger partial charge in [-0.1, -0.05) is 0 Å². The van der Waals surface area contributed by atoms with Gasteiger partial charge in [-0.25, -0.2) is 0 Å². The van der Waals surface area contributed by atoms with Gasteiger partial charge in [0, 0.05) is 20.2 Å². The standard InChI is InChI=1S/C13H19N3O/c1-17-11-5-7-16(8-6-11)13-9-10-3-2-4-12(10)14-15-13/h9,11H,2-8H2,1H3. The minimum Gasteiger partial charge on any atom is -0.381 e. The quantitative estimate of drug-likeness (QED) is 0.777. The Morgan fingerprint density at radius 1 is 1.24 bits per heavy atom. The fourth-order valence-electron chi connectivity index (χ4n) is 2.79. The zero-order valence-electron chi connectivity index (χ0n) is 10.4. The van der Waals surface area contributed by atoms with Crippen molar-refractivity contribution >= 4 is 5.82 Å². The molecule has 1 saturated heterocycles. The van der Waals surface area contributed by atoms with E-state index in [-0.39, 0.29) is 0 Å². The zero-order chi connectivity index (χ0) is 11.7. The molecule has 1 aromatic heterocycles. The van der Waals surface area contributed by atoms with Crippen molar-refractivity contribution in [2.75, 3.05) is 25.1 Å². The van der Waals surface area contributed by atoms with Crippen LogP contribution in [0.25, 0.3) is 0 Å². The second-order valence-electron chi connectivity index (χ2n) is 4.95. The molecule has 3 rings (SSSR count). The molecule has 2 aliphatic rings. The zero-order valence-corrected chi connectivity index (χ0v) is 10.4. The molecule has 4 nitrogen and oxygen atoms in total. The Morgan fingerprint density at radius 2 is 2.06 bits per heavy atom. The van der Waals surface area contributed by atoms with Crippen LogP contribution in [0.3, 0.4) is 0 Å². The highest BCUT2D eigenvalue weighted by Gasteiger charge is 2.21. The maximum Gasteiger partial charge on any atom is 0.151 e. The summed E-state index contributed by atoms with van der Waals surface area (Å²) in [4.78, 5) is 2.33. The molecule has 0 aromatic carbocycles. The van der Waals surface area contributed by atoms with Crippen LogP contribution in [-0.2, 0) is 17.6 Å². The molecule has 0 unspecified atom stereocenters. The summed E-state index contributed by atoms with van der Waals surface area (Å²) < 4.78 is 5.39. The number of aryl methyl sites for hydroxylation is 2. The molecule has 0 N–H and O–H groups in total. The molecule has 0 spiro atoms. The molecule has 4 heteroatoms. The van der Waals surface area contributed by atoms with Crippen molar-refractivity contribution in [1.82, 2.24) is 10.2 Å². The predicted octanol–water partition coefficient (Wildman–Crippen LogP) is 1.58. The van der Waals surface area contributed by atoms with Crippen LogP contribution in [0, 0.1) is 0 Å². The van der Waals surface area contributed by atoms with Crippen LogP contribution in [0.15, 0.2) is 6.07 Å². The summed E-state index contributed by atoms with van der Waals surface area (Å²) in [5.41, 5.74) is 2.62. The highest BCUT2D eigenvalue weighted by Crippen LogP contribution is 2.24. The third-order valence-corrected chi connectivity index (χ3v) is 3.91. The third-order valence-electron chi connectivity index (χ3n) is 3.91. The van der Waals surface area contributed by atoms with Gasteiger partial charge in [0.25, 0.3) is 0 Å². The molecule has 1 fully saturated rings. The lowest BCUT2D eigenvalue weighted by Crippen LogP contribution is -2.37. The van der Waals surface area contributed by atoms with Crippen LogP contribution in [0.1, 0.15) is 30.5 Å². The van der Waals surface area contributed by atoms with E-state index in [1.807, 2.05) is 0 Å². The number of hydrogen-bond acceptors (Lipinski definition) is 4. The number of piperidine rings is 1. The molecule has 0 bridgehead atoms. The monoisotopic (exact) mass is 233 g/mol. The molecule has 0 amide bonds. The largest absolute Gasteiger partial charge is 0.381 e. The van der Waals surface area contributed by atoms with E-state index < -0.39 is 0 Å². The molecule has 1 aliphatic carbocycles. The first kappa shape index (κ1) is 11.0. The van der Waals surface area contributed by atoms with Crippen molar-refractivity contribution in [2.45, 2.75) is 38.2 Å². The van der Waals surface area contributed by atoms with Gasteiger partial charge < -0.3 is 9.64 Å². The minimum atomic E-state index is 0.425. The first-order chi connectivity index (χ1) is 8.36. The van der Waals surface area contributed by atoms with Gasteiger partial charge in [0.05, 0.1) is 11.8 Å². The highest BCUT2D eigenvalue weighted by molar-refractivity contribution is 5.43. The topological polar surface area (TPSA) is 38.2 Å². The van der Waals surface area contributed by atoms with Crippen molar-refractivity contribution in [3.63, 3.8) is 0 Å². The summed E-state index contributed by atoms with van der Waals surface area (Å²) >= 11 is 0. The van der Waals surface area contributed by atoms with Crippen LogP contribution >= 0.6 is 0 Å². The van der Waals surface area contributed by atoms with E-state index in [2.05, 4.69) is 21.2 Å². The molecule has 1 aromatic rings. The molecule has 17 heavy (non-hydrogen) atoms. The van der Waals surface area contributed by atoms with Gasteiger partial charge in [-0.15, -0.1) is 5.10 Å². The Hall–Kier alpha value is -1.16. The Balaban J connectivity index is 1.72. The van der Waals surface area contributed by atoms with Gasteiger partial charge in [-0.3, -0.25) is 0 Å². The molecular weight excluding hydrogens is 214 g/mol. The fraction of sp³-hybridized carbons (Fsp3) is 0.692. The Kier molecular flexibility index (Phi) is 2.97. The summed E-state index contributed by atoms with van der Waals surface area (Å²) in [6.45, 7) is 2.07. The number of aromatic nitrogens is 2. The predicted molar refractivity (Wildman–Crippen MR) is 66.3 cm³/mol. The lowest BCUT2D eigenvalue weighted by atomic mass is 10.1. The number of methoxy groups -OCH3 is 1. The van der Waals surface area contributed by atoms with Crippen molar-refractivity contribution in [3.05, 3.63) is 17.3 Å². The third kappa shape index (κ3) is 2.14. The van der Waals surface area contributed by atoms with Gasteiger partial charge in [-0.2, -0.15) is 5.10 Å². The summed E-state index contributed by atoms with van der Waals surface area (Å²) in [5.74, 6) is 1.06. The minimum absolute atomic E-state index is 0.425. The lowest BCUT2D eigenvalue weighted by Gasteiger charge is -2.31. The Morgan fingerprint density at radius 3 is 2.82 bits per heavy atom. The summed E-state index contributed by atoms with van der Waals surface area (Å²) in [6, 6.07) is 2.24. The highest BCUT2D eigenvalue weighted by atomic mass is 16.5. The smallest absolute Gasteiger partial charge is 0.151 e. The van der Waals surface area contributed by atoms with Gasteiger partial charge in [-0.05, 0) is 43.7 Å². The van der Waals surface area contributed by atoms with Gasteiger partial charge in [0.15, 0.2) is 5.82 Å².